The number of aliphatic carboxylic acids is 1. The van der Waals surface area contributed by atoms with Crippen LogP contribution < -0.4 is 5.73 Å². The average Bonchev–Trinajstić information content (AvgIpc) is 2.99. The van der Waals surface area contributed by atoms with Gasteiger partial charge in [0.15, 0.2) is 0 Å². The molecule has 3 aromatic rings. The van der Waals surface area contributed by atoms with Crippen LogP contribution >= 0.6 is 0 Å². The fourth-order valence-electron chi connectivity index (χ4n) is 2.56. The summed E-state index contributed by atoms with van der Waals surface area (Å²) in [7, 11) is 0. The minimum Gasteiger partial charge on any atom is -0.477 e. The molecule has 0 fully saturated rings. The molecule has 10 heteroatoms. The van der Waals surface area contributed by atoms with E-state index in [0.717, 1.165) is 16.5 Å². The fourth-order valence-corrected chi connectivity index (χ4v) is 2.56. The van der Waals surface area contributed by atoms with Crippen LogP contribution in [0.4, 0.5) is 18.9 Å². The largest absolute Gasteiger partial charge is 0.490 e. The highest BCUT2D eigenvalue weighted by Crippen LogP contribution is 2.24. The van der Waals surface area contributed by atoms with Crippen LogP contribution in [0.5, 0.6) is 0 Å². The van der Waals surface area contributed by atoms with Gasteiger partial charge in [-0.25, -0.2) is 9.59 Å². The lowest BCUT2D eigenvalue weighted by Crippen LogP contribution is -2.21. The van der Waals surface area contributed by atoms with Gasteiger partial charge in [0, 0.05) is 23.1 Å². The van der Waals surface area contributed by atoms with Crippen LogP contribution in [0, 0.1) is 11.3 Å². The molecule has 0 amide bonds. The second-order valence-corrected chi connectivity index (χ2v) is 5.85. The number of carboxylic acids is 2. The lowest BCUT2D eigenvalue weighted by atomic mass is 10.1. The van der Waals surface area contributed by atoms with Crippen molar-refractivity contribution in [2.45, 2.75) is 12.7 Å². The Morgan fingerprint density at radius 1 is 1.10 bits per heavy atom. The van der Waals surface area contributed by atoms with Crippen molar-refractivity contribution in [2.24, 2.45) is 0 Å². The number of nitrogens with zero attached hydrogens (tertiary/aromatic N) is 2. The van der Waals surface area contributed by atoms with Crippen LogP contribution in [0.1, 0.15) is 21.6 Å². The number of hydrogen-bond donors (Lipinski definition) is 3. The van der Waals surface area contributed by atoms with E-state index in [1.807, 2.05) is 12.1 Å². The van der Waals surface area contributed by atoms with Crippen LogP contribution in [-0.2, 0) is 11.3 Å². The first-order valence-corrected chi connectivity index (χ1v) is 7.94. The lowest BCUT2D eigenvalue weighted by molar-refractivity contribution is -0.192. The van der Waals surface area contributed by atoms with E-state index in [9.17, 15) is 23.1 Å². The average molecular weight is 405 g/mol. The smallest absolute Gasteiger partial charge is 0.477 e. The number of aromatic nitrogens is 1. The number of rotatable bonds is 3. The number of nitriles is 1. The Morgan fingerprint density at radius 3 is 2.31 bits per heavy atom. The normalized spacial score (nSPS) is 10.7. The summed E-state index contributed by atoms with van der Waals surface area (Å²) in [6.45, 7) is 0.380. The summed E-state index contributed by atoms with van der Waals surface area (Å²) in [5.41, 5.74) is 8.77. The van der Waals surface area contributed by atoms with E-state index in [-0.39, 0.29) is 5.69 Å². The second-order valence-electron chi connectivity index (χ2n) is 5.85. The van der Waals surface area contributed by atoms with Gasteiger partial charge in [-0.2, -0.15) is 18.4 Å². The highest BCUT2D eigenvalue weighted by molar-refractivity contribution is 5.95. The van der Waals surface area contributed by atoms with E-state index in [1.54, 1.807) is 41.0 Å². The van der Waals surface area contributed by atoms with Crippen molar-refractivity contribution in [3.05, 3.63) is 65.4 Å². The Morgan fingerprint density at radius 2 is 1.76 bits per heavy atom. The first kappa shape index (κ1) is 21.3. The van der Waals surface area contributed by atoms with E-state index < -0.39 is 18.1 Å². The number of alkyl halides is 3. The van der Waals surface area contributed by atoms with Gasteiger partial charge in [-0.1, -0.05) is 12.1 Å². The standard InChI is InChI=1S/C17H13N3O2.C2HF3O2/c18-9-11-2-1-3-12(6-11)10-20-15-5-4-14(19)7-13(15)8-16(20)17(21)22;3-2(4,5)1(6)7/h1-8H,10,19H2,(H,21,22);(H,6,7). The van der Waals surface area contributed by atoms with Gasteiger partial charge >= 0.3 is 18.1 Å². The zero-order valence-electron chi connectivity index (χ0n) is 14.6. The molecule has 1 aromatic heterocycles. The maximum Gasteiger partial charge on any atom is 0.490 e. The number of halogens is 3. The molecule has 0 saturated heterocycles. The zero-order chi connectivity index (χ0) is 21.8. The zero-order valence-corrected chi connectivity index (χ0v) is 14.6. The first-order valence-electron chi connectivity index (χ1n) is 7.94. The quantitative estimate of drug-likeness (QED) is 0.572. The predicted molar refractivity (Wildman–Crippen MR) is 97.3 cm³/mol. The van der Waals surface area contributed by atoms with Crippen LogP contribution in [-0.4, -0.2) is 32.9 Å². The molecular formula is C19H14F3N3O4. The third-order valence-electron chi connectivity index (χ3n) is 3.78. The van der Waals surface area contributed by atoms with Gasteiger partial charge in [0.1, 0.15) is 5.69 Å². The number of carboxylic acid groups (broad SMARTS) is 2. The first-order chi connectivity index (χ1) is 13.5. The summed E-state index contributed by atoms with van der Waals surface area (Å²) in [5, 5.41) is 26.3. The minimum absolute atomic E-state index is 0.197. The third-order valence-corrected chi connectivity index (χ3v) is 3.78. The molecule has 1 heterocycles. The van der Waals surface area contributed by atoms with Crippen molar-refractivity contribution in [1.29, 1.82) is 5.26 Å². The van der Waals surface area contributed by atoms with Crippen LogP contribution in [0.15, 0.2) is 48.5 Å². The summed E-state index contributed by atoms with van der Waals surface area (Å²) >= 11 is 0. The number of fused-ring (bicyclic) bond motifs is 1. The highest BCUT2D eigenvalue weighted by atomic mass is 19.4. The Hall–Kier alpha value is -4.00. The topological polar surface area (TPSA) is 129 Å². The Labute approximate surface area is 162 Å². The monoisotopic (exact) mass is 405 g/mol. The van der Waals surface area contributed by atoms with Crippen molar-refractivity contribution in [3.8, 4) is 6.07 Å². The van der Waals surface area contributed by atoms with Crippen molar-refractivity contribution in [2.75, 3.05) is 5.73 Å². The maximum atomic E-state index is 11.5. The van der Waals surface area contributed by atoms with Crippen molar-refractivity contribution >= 4 is 28.5 Å². The molecule has 29 heavy (non-hydrogen) atoms. The number of benzene rings is 2. The van der Waals surface area contributed by atoms with Crippen molar-refractivity contribution < 1.29 is 33.0 Å². The van der Waals surface area contributed by atoms with E-state index in [4.69, 9.17) is 20.9 Å². The summed E-state index contributed by atoms with van der Waals surface area (Å²) in [6, 6.07) is 16.1. The molecule has 0 atom stereocenters. The molecule has 0 saturated carbocycles. The maximum absolute atomic E-state index is 11.5. The summed E-state index contributed by atoms with van der Waals surface area (Å²) < 4.78 is 33.5. The molecule has 0 unspecified atom stereocenters. The Bertz CT molecular complexity index is 1110. The predicted octanol–water partition coefficient (Wildman–Crippen LogP) is 3.47. The Balaban J connectivity index is 0.000000370. The van der Waals surface area contributed by atoms with Gasteiger partial charge in [-0.3, -0.25) is 0 Å². The van der Waals surface area contributed by atoms with Gasteiger partial charge in [0.25, 0.3) is 0 Å². The number of carbonyl (C=O) groups is 2. The molecule has 0 radical (unpaired) electrons. The van der Waals surface area contributed by atoms with E-state index in [1.165, 1.54) is 0 Å². The van der Waals surface area contributed by atoms with Gasteiger partial charge in [0.2, 0.25) is 0 Å². The van der Waals surface area contributed by atoms with Gasteiger partial charge in [-0.15, -0.1) is 0 Å². The molecule has 0 bridgehead atoms. The number of nitrogens with two attached hydrogens (primary N) is 1. The van der Waals surface area contributed by atoms with E-state index in [2.05, 4.69) is 6.07 Å². The number of hydrogen-bond acceptors (Lipinski definition) is 4. The fraction of sp³-hybridized carbons (Fsp3) is 0.105. The van der Waals surface area contributed by atoms with Crippen molar-refractivity contribution in [1.82, 2.24) is 4.57 Å². The molecule has 3 rings (SSSR count). The molecular weight excluding hydrogens is 391 g/mol. The van der Waals surface area contributed by atoms with Crippen LogP contribution in [0.25, 0.3) is 10.9 Å². The van der Waals surface area contributed by atoms with Gasteiger partial charge in [-0.05, 0) is 42.0 Å². The molecule has 4 N–H and O–H groups in total. The summed E-state index contributed by atoms with van der Waals surface area (Å²) in [4.78, 5) is 20.4. The molecule has 150 valence electrons. The molecule has 0 aliphatic rings. The van der Waals surface area contributed by atoms with E-state index in [0.29, 0.717) is 17.8 Å². The van der Waals surface area contributed by atoms with Gasteiger partial charge in [0.05, 0.1) is 11.6 Å². The number of anilines is 1. The Kier molecular flexibility index (Phi) is 6.13. The molecule has 7 nitrogen and oxygen atoms in total. The second kappa shape index (κ2) is 8.35. The third kappa shape index (κ3) is 5.26. The summed E-state index contributed by atoms with van der Waals surface area (Å²) in [5.74, 6) is -3.75. The molecule has 0 aliphatic carbocycles. The number of aromatic carboxylic acids is 1. The summed E-state index contributed by atoms with van der Waals surface area (Å²) in [6.07, 6.45) is -5.08. The lowest BCUT2D eigenvalue weighted by Gasteiger charge is -2.09. The van der Waals surface area contributed by atoms with E-state index >= 15 is 0 Å². The highest BCUT2D eigenvalue weighted by Gasteiger charge is 2.38. The minimum atomic E-state index is -5.08. The molecule has 0 aliphatic heterocycles. The molecule has 0 spiro atoms. The SMILES string of the molecule is N#Cc1cccc(Cn2c(C(=O)O)cc3cc(N)ccc32)c1.O=C(O)C(F)(F)F. The van der Waals surface area contributed by atoms with Crippen LogP contribution in [0.3, 0.4) is 0 Å². The van der Waals surface area contributed by atoms with Crippen LogP contribution in [0.2, 0.25) is 0 Å². The molecule has 2 aromatic carbocycles. The van der Waals surface area contributed by atoms with Gasteiger partial charge < -0.3 is 20.5 Å². The number of nitrogen functional groups attached to an aromatic ring is 1. The van der Waals surface area contributed by atoms with Crippen molar-refractivity contribution in [3.63, 3.8) is 0 Å².